The third kappa shape index (κ3) is 5.02. The van der Waals surface area contributed by atoms with Crippen molar-refractivity contribution in [3.63, 3.8) is 0 Å². The Balaban J connectivity index is 1.87. The van der Waals surface area contributed by atoms with Crippen molar-refractivity contribution in [2.24, 2.45) is 11.7 Å². The van der Waals surface area contributed by atoms with Crippen molar-refractivity contribution >= 4 is 11.6 Å². The molecule has 21 heavy (non-hydrogen) atoms. The van der Waals surface area contributed by atoms with Crippen LogP contribution in [0.5, 0.6) is 5.75 Å². The summed E-state index contributed by atoms with van der Waals surface area (Å²) in [5.41, 5.74) is 6.64. The fraction of sp³-hybridized carbons (Fsp3) is 0.562. The fourth-order valence-electron chi connectivity index (χ4n) is 2.53. The minimum absolute atomic E-state index is 0.0721. The van der Waals surface area contributed by atoms with Crippen LogP contribution in [0.4, 0.5) is 5.69 Å². The standard InChI is InChI=1S/C16H24N2O3/c1-20-9-10-21-15-4-2-3-14(11-15)18-16(19)12-5-7-13(17)8-6-12/h2-4,11-13H,5-10,17H2,1H3,(H,18,19). The molecule has 116 valence electrons. The zero-order valence-electron chi connectivity index (χ0n) is 12.5. The molecule has 0 heterocycles. The number of methoxy groups -OCH3 is 1. The van der Waals surface area contributed by atoms with Gasteiger partial charge in [-0.15, -0.1) is 0 Å². The second-order valence-corrected chi connectivity index (χ2v) is 5.47. The van der Waals surface area contributed by atoms with E-state index in [2.05, 4.69) is 5.32 Å². The molecule has 1 fully saturated rings. The Morgan fingerprint density at radius 2 is 2.05 bits per heavy atom. The summed E-state index contributed by atoms with van der Waals surface area (Å²) in [5.74, 6) is 0.884. The molecule has 0 aromatic heterocycles. The molecule has 0 aliphatic heterocycles. The molecule has 1 amide bonds. The summed E-state index contributed by atoms with van der Waals surface area (Å²) in [5, 5.41) is 2.97. The fourth-order valence-corrected chi connectivity index (χ4v) is 2.53. The molecule has 0 bridgehead atoms. The van der Waals surface area contributed by atoms with E-state index in [4.69, 9.17) is 15.2 Å². The summed E-state index contributed by atoms with van der Waals surface area (Å²) in [6, 6.07) is 7.70. The molecule has 3 N–H and O–H groups in total. The molecule has 5 nitrogen and oxygen atoms in total. The van der Waals surface area contributed by atoms with Crippen LogP contribution in [-0.2, 0) is 9.53 Å². The van der Waals surface area contributed by atoms with Crippen molar-refractivity contribution in [1.82, 2.24) is 0 Å². The summed E-state index contributed by atoms with van der Waals surface area (Å²) in [7, 11) is 1.63. The van der Waals surface area contributed by atoms with Gasteiger partial charge in [0.25, 0.3) is 0 Å². The minimum atomic E-state index is 0.0721. The van der Waals surface area contributed by atoms with Gasteiger partial charge in [0, 0.05) is 30.8 Å². The van der Waals surface area contributed by atoms with Gasteiger partial charge >= 0.3 is 0 Å². The maximum Gasteiger partial charge on any atom is 0.227 e. The maximum atomic E-state index is 12.2. The van der Waals surface area contributed by atoms with Crippen molar-refractivity contribution < 1.29 is 14.3 Å². The Bertz CT molecular complexity index is 457. The predicted octanol–water partition coefficient (Wildman–Crippen LogP) is 2.17. The molecule has 1 saturated carbocycles. The van der Waals surface area contributed by atoms with E-state index in [1.807, 2.05) is 24.3 Å². The molecule has 0 saturated heterocycles. The molecule has 0 atom stereocenters. The zero-order valence-corrected chi connectivity index (χ0v) is 12.5. The van der Waals surface area contributed by atoms with Gasteiger partial charge in [0.2, 0.25) is 5.91 Å². The summed E-state index contributed by atoms with van der Waals surface area (Å²) >= 11 is 0. The minimum Gasteiger partial charge on any atom is -0.491 e. The monoisotopic (exact) mass is 292 g/mol. The molecule has 1 aromatic carbocycles. The number of hydrogen-bond donors (Lipinski definition) is 2. The van der Waals surface area contributed by atoms with Crippen molar-refractivity contribution in [2.45, 2.75) is 31.7 Å². The Kier molecular flexibility index (Phi) is 6.02. The first kappa shape index (κ1) is 15.8. The summed E-state index contributed by atoms with van der Waals surface area (Å²) < 4.78 is 10.5. The number of anilines is 1. The average Bonchev–Trinajstić information content (AvgIpc) is 2.48. The Hall–Kier alpha value is -1.59. The van der Waals surface area contributed by atoms with Crippen LogP contribution >= 0.6 is 0 Å². The van der Waals surface area contributed by atoms with Gasteiger partial charge in [-0.05, 0) is 37.8 Å². The van der Waals surface area contributed by atoms with Crippen molar-refractivity contribution in [1.29, 1.82) is 0 Å². The highest BCUT2D eigenvalue weighted by molar-refractivity contribution is 5.92. The van der Waals surface area contributed by atoms with E-state index < -0.39 is 0 Å². The number of carbonyl (C=O) groups is 1. The number of nitrogens with one attached hydrogen (secondary N) is 1. The van der Waals surface area contributed by atoms with E-state index in [0.717, 1.165) is 37.1 Å². The first-order valence-electron chi connectivity index (χ1n) is 7.47. The molecule has 0 radical (unpaired) electrons. The van der Waals surface area contributed by atoms with E-state index >= 15 is 0 Å². The van der Waals surface area contributed by atoms with Crippen molar-refractivity contribution in [3.8, 4) is 5.75 Å². The van der Waals surface area contributed by atoms with E-state index in [1.165, 1.54) is 0 Å². The predicted molar refractivity (Wildman–Crippen MR) is 82.4 cm³/mol. The van der Waals surface area contributed by atoms with Crippen LogP contribution in [0.1, 0.15) is 25.7 Å². The van der Waals surface area contributed by atoms with E-state index in [-0.39, 0.29) is 17.9 Å². The van der Waals surface area contributed by atoms with Crippen LogP contribution in [0.15, 0.2) is 24.3 Å². The van der Waals surface area contributed by atoms with Gasteiger partial charge in [-0.3, -0.25) is 4.79 Å². The number of rotatable bonds is 6. The highest BCUT2D eigenvalue weighted by Crippen LogP contribution is 2.25. The Morgan fingerprint density at radius 1 is 1.29 bits per heavy atom. The molecule has 5 heteroatoms. The second kappa shape index (κ2) is 8.00. The van der Waals surface area contributed by atoms with Gasteiger partial charge in [0.15, 0.2) is 0 Å². The molecule has 1 aliphatic carbocycles. The highest BCUT2D eigenvalue weighted by atomic mass is 16.5. The number of nitrogens with two attached hydrogens (primary N) is 1. The first-order valence-corrected chi connectivity index (χ1v) is 7.47. The third-order valence-electron chi connectivity index (χ3n) is 3.80. The van der Waals surface area contributed by atoms with Crippen LogP contribution in [0.2, 0.25) is 0 Å². The second-order valence-electron chi connectivity index (χ2n) is 5.47. The molecule has 1 aliphatic rings. The Labute approximate surface area is 125 Å². The lowest BCUT2D eigenvalue weighted by molar-refractivity contribution is -0.120. The third-order valence-corrected chi connectivity index (χ3v) is 3.80. The smallest absolute Gasteiger partial charge is 0.227 e. The van der Waals surface area contributed by atoms with E-state index in [0.29, 0.717) is 13.2 Å². The molecular formula is C16H24N2O3. The number of amides is 1. The van der Waals surface area contributed by atoms with Gasteiger partial charge in [-0.2, -0.15) is 0 Å². The largest absolute Gasteiger partial charge is 0.491 e. The van der Waals surface area contributed by atoms with Crippen LogP contribution in [0, 0.1) is 5.92 Å². The van der Waals surface area contributed by atoms with Crippen LogP contribution in [0.25, 0.3) is 0 Å². The van der Waals surface area contributed by atoms with Crippen molar-refractivity contribution in [2.75, 3.05) is 25.6 Å². The number of hydrogen-bond acceptors (Lipinski definition) is 4. The van der Waals surface area contributed by atoms with Gasteiger partial charge in [0.05, 0.1) is 6.61 Å². The first-order chi connectivity index (χ1) is 10.2. The lowest BCUT2D eigenvalue weighted by Gasteiger charge is -2.25. The van der Waals surface area contributed by atoms with Gasteiger partial charge in [0.1, 0.15) is 12.4 Å². The van der Waals surface area contributed by atoms with Gasteiger partial charge in [-0.1, -0.05) is 6.07 Å². The number of benzene rings is 1. The van der Waals surface area contributed by atoms with E-state index in [9.17, 15) is 4.79 Å². The van der Waals surface area contributed by atoms with Gasteiger partial charge < -0.3 is 20.5 Å². The molecule has 2 rings (SSSR count). The van der Waals surface area contributed by atoms with Crippen LogP contribution in [-0.4, -0.2) is 32.3 Å². The number of ether oxygens (including phenoxy) is 2. The van der Waals surface area contributed by atoms with Crippen molar-refractivity contribution in [3.05, 3.63) is 24.3 Å². The molecular weight excluding hydrogens is 268 g/mol. The van der Waals surface area contributed by atoms with Gasteiger partial charge in [-0.25, -0.2) is 0 Å². The SMILES string of the molecule is COCCOc1cccc(NC(=O)C2CCC(N)CC2)c1. The molecule has 0 unspecified atom stereocenters. The maximum absolute atomic E-state index is 12.2. The zero-order chi connectivity index (χ0) is 15.1. The normalized spacial score (nSPS) is 21.8. The number of carbonyl (C=O) groups excluding carboxylic acids is 1. The quantitative estimate of drug-likeness (QED) is 0.788. The summed E-state index contributed by atoms with van der Waals surface area (Å²) in [6.07, 6.45) is 3.60. The van der Waals surface area contributed by atoms with Crippen LogP contribution in [0.3, 0.4) is 0 Å². The topological polar surface area (TPSA) is 73.6 Å². The average molecular weight is 292 g/mol. The van der Waals surface area contributed by atoms with Crippen LogP contribution < -0.4 is 15.8 Å². The molecule has 1 aromatic rings. The Morgan fingerprint density at radius 3 is 2.76 bits per heavy atom. The lowest BCUT2D eigenvalue weighted by atomic mass is 9.86. The lowest BCUT2D eigenvalue weighted by Crippen LogP contribution is -2.32. The summed E-state index contributed by atoms with van der Waals surface area (Å²) in [6.45, 7) is 1.04. The highest BCUT2D eigenvalue weighted by Gasteiger charge is 2.24. The summed E-state index contributed by atoms with van der Waals surface area (Å²) in [4.78, 5) is 12.2. The molecule has 0 spiro atoms. The van der Waals surface area contributed by atoms with E-state index in [1.54, 1.807) is 7.11 Å².